The van der Waals surface area contributed by atoms with E-state index in [1.807, 2.05) is 25.1 Å². The van der Waals surface area contributed by atoms with Gasteiger partial charge in [0.05, 0.1) is 60.9 Å². The molecule has 2 aliphatic heterocycles. The van der Waals surface area contributed by atoms with Crippen LogP contribution < -0.4 is 24.5 Å². The van der Waals surface area contributed by atoms with Crippen molar-refractivity contribution in [3.8, 4) is 23.0 Å². The van der Waals surface area contributed by atoms with Crippen LogP contribution in [0.3, 0.4) is 0 Å². The van der Waals surface area contributed by atoms with E-state index in [2.05, 4.69) is 5.43 Å². The Labute approximate surface area is 333 Å². The van der Waals surface area contributed by atoms with Crippen LogP contribution in [0.4, 0.5) is 11.4 Å². The van der Waals surface area contributed by atoms with Crippen LogP contribution in [0.25, 0.3) is 0 Å². The van der Waals surface area contributed by atoms with E-state index in [9.17, 15) is 14.7 Å². The van der Waals surface area contributed by atoms with Crippen LogP contribution in [0.15, 0.2) is 90.5 Å². The number of ether oxygens (including phenoxy) is 3. The molecule has 0 spiro atoms. The second-order valence-electron chi connectivity index (χ2n) is 14.5. The number of amides is 4. The standard InChI is InChI=1S/C43H39Cl2N3O8/c1-5-22-6-11-25(12-7-22)47-39(50)29-16-15-28-30(36(29)41(47)52)21-31-40(51)48(46-33-17-10-24(44)18-32(33)45)42(53)43(31,23-8-13-27(54-2)14-9-23)38(28)37-34(55-3)19-26(49)20-35(37)56-4/h6-15,17-20,29-31,36,38,46,49H,5,16,21H2,1-4H3/t29-,30+,31-,36-,38+,43+/m0/s1. The van der Waals surface area contributed by atoms with Crippen LogP contribution in [0.2, 0.25) is 10.0 Å². The number of carbonyl (C=O) groups excluding carboxylic acids is 4. The van der Waals surface area contributed by atoms with Crippen molar-refractivity contribution in [2.45, 2.75) is 37.5 Å². The SMILES string of the molecule is CCc1ccc(N2C(=O)[C@H]3[C@H](CC=C4[C@H]3C[C@H]3C(=O)N(Nc5ccc(Cl)cc5Cl)C(=O)[C@@]3(c3ccc(OC)cc3)[C@H]4c3c(OC)cc(O)cc3OC)C2=O)cc1. The number of carbonyl (C=O) groups is 4. The number of fused-ring (bicyclic) bond motifs is 4. The van der Waals surface area contributed by atoms with Crippen LogP contribution >= 0.6 is 23.2 Å². The highest BCUT2D eigenvalue weighted by Crippen LogP contribution is 2.66. The molecule has 2 heterocycles. The van der Waals surface area contributed by atoms with Crippen LogP contribution in [-0.4, -0.2) is 55.1 Å². The van der Waals surface area contributed by atoms with Gasteiger partial charge < -0.3 is 19.3 Å². The van der Waals surface area contributed by atoms with Crippen molar-refractivity contribution in [2.24, 2.45) is 23.7 Å². The van der Waals surface area contributed by atoms with Gasteiger partial charge in [0.15, 0.2) is 0 Å². The average Bonchev–Trinajstić information content (AvgIpc) is 3.59. The molecule has 56 heavy (non-hydrogen) atoms. The number of nitrogens with one attached hydrogen (secondary N) is 1. The number of phenolic OH excluding ortho intramolecular Hbond substituents is 1. The summed E-state index contributed by atoms with van der Waals surface area (Å²) in [7, 11) is 4.42. The van der Waals surface area contributed by atoms with E-state index < -0.39 is 46.8 Å². The molecule has 11 nitrogen and oxygen atoms in total. The molecule has 8 rings (SSSR count). The number of aromatic hydroxyl groups is 1. The first-order valence-corrected chi connectivity index (χ1v) is 19.1. The first-order chi connectivity index (χ1) is 27.0. The summed E-state index contributed by atoms with van der Waals surface area (Å²) in [4.78, 5) is 60.9. The molecule has 1 saturated carbocycles. The molecule has 3 fully saturated rings. The van der Waals surface area contributed by atoms with E-state index in [1.54, 1.807) is 48.5 Å². The van der Waals surface area contributed by atoms with Crippen molar-refractivity contribution < 1.29 is 38.5 Å². The number of imide groups is 2. The van der Waals surface area contributed by atoms with Gasteiger partial charge in [-0.3, -0.25) is 29.5 Å². The number of anilines is 2. The van der Waals surface area contributed by atoms with Gasteiger partial charge in [-0.2, -0.15) is 5.01 Å². The predicted octanol–water partition coefficient (Wildman–Crippen LogP) is 7.48. The summed E-state index contributed by atoms with van der Waals surface area (Å²) in [6.45, 7) is 2.03. The molecule has 4 aliphatic rings. The summed E-state index contributed by atoms with van der Waals surface area (Å²) in [5, 5.41) is 12.4. The summed E-state index contributed by atoms with van der Waals surface area (Å²) in [6.07, 6.45) is 3.03. The molecule has 2 aliphatic carbocycles. The minimum atomic E-state index is -1.66. The quantitative estimate of drug-likeness (QED) is 0.131. The minimum Gasteiger partial charge on any atom is -0.508 e. The van der Waals surface area contributed by atoms with Crippen molar-refractivity contribution in [1.29, 1.82) is 0 Å². The number of rotatable bonds is 9. The zero-order chi connectivity index (χ0) is 39.6. The molecule has 4 aromatic carbocycles. The number of halogens is 2. The summed E-state index contributed by atoms with van der Waals surface area (Å²) >= 11 is 12.8. The minimum absolute atomic E-state index is 0.0664. The summed E-state index contributed by atoms with van der Waals surface area (Å²) in [5.41, 5.74) is 4.76. The predicted molar refractivity (Wildman–Crippen MR) is 210 cm³/mol. The van der Waals surface area contributed by atoms with Crippen LogP contribution in [0, 0.1) is 23.7 Å². The third kappa shape index (κ3) is 5.54. The highest BCUT2D eigenvalue weighted by atomic mass is 35.5. The van der Waals surface area contributed by atoms with Crippen molar-refractivity contribution in [2.75, 3.05) is 31.7 Å². The number of methoxy groups -OCH3 is 3. The van der Waals surface area contributed by atoms with Gasteiger partial charge in [-0.05, 0) is 78.8 Å². The van der Waals surface area contributed by atoms with E-state index in [1.165, 1.54) is 44.4 Å². The highest BCUT2D eigenvalue weighted by molar-refractivity contribution is 6.36. The molecule has 13 heteroatoms. The fourth-order valence-corrected chi connectivity index (χ4v) is 9.95. The van der Waals surface area contributed by atoms with E-state index in [0.29, 0.717) is 33.2 Å². The Morgan fingerprint density at radius 3 is 2.11 bits per heavy atom. The maximum atomic E-state index is 15.6. The summed E-state index contributed by atoms with van der Waals surface area (Å²) < 4.78 is 17.3. The van der Waals surface area contributed by atoms with Gasteiger partial charge in [-0.25, -0.2) is 0 Å². The van der Waals surface area contributed by atoms with E-state index in [0.717, 1.165) is 17.0 Å². The normalized spacial score (nSPS) is 25.4. The highest BCUT2D eigenvalue weighted by Gasteiger charge is 2.71. The molecule has 6 atom stereocenters. The number of allylic oxidation sites excluding steroid dienone is 2. The zero-order valence-corrected chi connectivity index (χ0v) is 32.6. The van der Waals surface area contributed by atoms with Crippen LogP contribution in [-0.2, 0) is 31.0 Å². The average molecular weight is 797 g/mol. The Bertz CT molecular complexity index is 2290. The molecule has 4 aromatic rings. The number of nitrogens with zero attached hydrogens (tertiary/aromatic N) is 2. The van der Waals surface area contributed by atoms with Crippen LogP contribution in [0.5, 0.6) is 23.0 Å². The second-order valence-corrected chi connectivity index (χ2v) is 15.4. The number of aryl methyl sites for hydroxylation is 1. The Morgan fingerprint density at radius 1 is 0.821 bits per heavy atom. The monoisotopic (exact) mass is 795 g/mol. The molecular weight excluding hydrogens is 757 g/mol. The number of benzene rings is 4. The lowest BCUT2D eigenvalue weighted by Crippen LogP contribution is -2.53. The third-order valence-corrected chi connectivity index (χ3v) is 12.5. The van der Waals surface area contributed by atoms with Crippen LogP contribution in [0.1, 0.15) is 42.4 Å². The third-order valence-electron chi connectivity index (χ3n) is 12.0. The van der Waals surface area contributed by atoms with Gasteiger partial charge in [-0.15, -0.1) is 0 Å². The number of hydrazine groups is 1. The molecule has 2 N–H and O–H groups in total. The van der Waals surface area contributed by atoms with Crippen molar-refractivity contribution >= 4 is 58.2 Å². The van der Waals surface area contributed by atoms with Gasteiger partial charge in [0.25, 0.3) is 11.8 Å². The lowest BCUT2D eigenvalue weighted by atomic mass is 9.49. The maximum Gasteiger partial charge on any atom is 0.260 e. The topological polar surface area (TPSA) is 135 Å². The molecular formula is C43H39Cl2N3O8. The molecule has 0 unspecified atom stereocenters. The Kier molecular flexibility index (Phi) is 9.49. The lowest BCUT2D eigenvalue weighted by molar-refractivity contribution is -0.138. The molecule has 288 valence electrons. The van der Waals surface area contributed by atoms with Gasteiger partial charge in [0.1, 0.15) is 23.0 Å². The Hall–Kier alpha value is -5.52. The second kappa shape index (κ2) is 14.2. The summed E-state index contributed by atoms with van der Waals surface area (Å²) in [5.74, 6) is -5.21. The molecule has 0 bridgehead atoms. The van der Waals surface area contributed by atoms with Crippen molar-refractivity contribution in [3.63, 3.8) is 0 Å². The lowest BCUT2D eigenvalue weighted by Gasteiger charge is -2.51. The number of hydrogen-bond acceptors (Lipinski definition) is 9. The van der Waals surface area contributed by atoms with Gasteiger partial charge in [0, 0.05) is 28.6 Å². The molecule has 0 radical (unpaired) electrons. The number of hydrogen-bond donors (Lipinski definition) is 2. The fraction of sp³-hybridized carbons (Fsp3) is 0.302. The smallest absolute Gasteiger partial charge is 0.260 e. The Balaban J connectivity index is 1.37. The van der Waals surface area contributed by atoms with Crippen molar-refractivity contribution in [3.05, 3.63) is 117 Å². The van der Waals surface area contributed by atoms with Gasteiger partial charge in [0.2, 0.25) is 11.8 Å². The molecule has 2 saturated heterocycles. The van der Waals surface area contributed by atoms with E-state index in [4.69, 9.17) is 37.4 Å². The first kappa shape index (κ1) is 37.4. The van der Waals surface area contributed by atoms with Gasteiger partial charge >= 0.3 is 0 Å². The maximum absolute atomic E-state index is 15.6. The largest absolute Gasteiger partial charge is 0.508 e. The molecule has 0 aromatic heterocycles. The van der Waals surface area contributed by atoms with E-state index in [-0.39, 0.29) is 52.6 Å². The first-order valence-electron chi connectivity index (χ1n) is 18.3. The van der Waals surface area contributed by atoms with Gasteiger partial charge in [-0.1, -0.05) is 66.0 Å². The zero-order valence-electron chi connectivity index (χ0n) is 31.0. The van der Waals surface area contributed by atoms with Crippen molar-refractivity contribution in [1.82, 2.24) is 5.01 Å². The number of phenols is 1. The molecule has 4 amide bonds. The fourth-order valence-electron chi connectivity index (χ4n) is 9.50. The Morgan fingerprint density at radius 2 is 1.50 bits per heavy atom. The van der Waals surface area contributed by atoms with E-state index >= 15 is 9.59 Å². The summed E-state index contributed by atoms with van der Waals surface area (Å²) in [6, 6.07) is 21.9.